The maximum atomic E-state index is 9.10. The third-order valence-corrected chi connectivity index (χ3v) is 3.80. The Bertz CT molecular complexity index is 544. The summed E-state index contributed by atoms with van der Waals surface area (Å²) >= 11 is 11.9. The summed E-state index contributed by atoms with van der Waals surface area (Å²) in [6.07, 6.45) is 0.145. The molecule has 0 saturated carbocycles. The van der Waals surface area contributed by atoms with Crippen LogP contribution in [0.4, 0.5) is 0 Å². The van der Waals surface area contributed by atoms with Gasteiger partial charge in [-0.1, -0.05) is 29.3 Å². The first-order valence-electron chi connectivity index (χ1n) is 6.77. The van der Waals surface area contributed by atoms with Gasteiger partial charge in [-0.15, -0.1) is 0 Å². The number of carboxylic acids is 2. The number of carboxylic acid groups (broad SMARTS) is 2. The molecule has 4 N–H and O–H groups in total. The molecule has 0 amide bonds. The monoisotopic (exact) mass is 364 g/mol. The minimum Gasteiger partial charge on any atom is -0.473 e. The second-order valence-electron chi connectivity index (χ2n) is 4.82. The van der Waals surface area contributed by atoms with Gasteiger partial charge in [0.2, 0.25) is 0 Å². The van der Waals surface area contributed by atoms with Gasteiger partial charge in [-0.25, -0.2) is 9.59 Å². The number of halogens is 2. The minimum absolute atomic E-state index is 0.145. The van der Waals surface area contributed by atoms with Crippen molar-refractivity contribution in [2.45, 2.75) is 12.6 Å². The first-order valence-corrected chi connectivity index (χ1v) is 7.53. The van der Waals surface area contributed by atoms with Crippen LogP contribution in [0.3, 0.4) is 0 Å². The van der Waals surface area contributed by atoms with Crippen LogP contribution in [0.2, 0.25) is 10.0 Å². The molecule has 0 radical (unpaired) electrons. The molecule has 2 rings (SSSR count). The van der Waals surface area contributed by atoms with E-state index in [-0.39, 0.29) is 6.10 Å². The van der Waals surface area contributed by atoms with Crippen LogP contribution in [0.5, 0.6) is 0 Å². The summed E-state index contributed by atoms with van der Waals surface area (Å²) < 4.78 is 5.52. The fraction of sp³-hybridized carbons (Fsp3) is 0.429. The summed E-state index contributed by atoms with van der Waals surface area (Å²) in [5.41, 5.74) is 6.78. The van der Waals surface area contributed by atoms with E-state index in [9.17, 15) is 0 Å². The summed E-state index contributed by atoms with van der Waals surface area (Å²) in [5.74, 6) is -3.65. The average Bonchev–Trinajstić information content (AvgIpc) is 2.51. The van der Waals surface area contributed by atoms with E-state index in [2.05, 4.69) is 4.90 Å². The molecule has 1 heterocycles. The fourth-order valence-electron chi connectivity index (χ4n) is 1.96. The van der Waals surface area contributed by atoms with Gasteiger partial charge in [-0.2, -0.15) is 0 Å². The van der Waals surface area contributed by atoms with E-state index < -0.39 is 11.9 Å². The Morgan fingerprint density at radius 1 is 1.26 bits per heavy atom. The van der Waals surface area contributed by atoms with Gasteiger partial charge in [0.05, 0.1) is 22.8 Å². The molecule has 1 fully saturated rings. The quantitative estimate of drug-likeness (QED) is 0.692. The highest BCUT2D eigenvalue weighted by Crippen LogP contribution is 2.23. The van der Waals surface area contributed by atoms with Crippen LogP contribution in [0.1, 0.15) is 5.56 Å². The van der Waals surface area contributed by atoms with Crippen molar-refractivity contribution in [3.05, 3.63) is 33.8 Å². The molecule has 128 valence electrons. The van der Waals surface area contributed by atoms with Crippen molar-refractivity contribution >= 4 is 35.1 Å². The number of morpholine rings is 1. The number of benzene rings is 1. The summed E-state index contributed by atoms with van der Waals surface area (Å²) in [5, 5.41) is 16.0. The standard InChI is InChI=1S/C12H16Cl2N2O.C2H2O4/c13-11-2-1-9(5-12(11)14)7-16-3-4-17-10(6-15)8-16;3-1(4)2(5)6/h1-2,5,10H,3-4,6-8,15H2;(H,3,4)(H,5,6)/t10-;/m0./s1. The molecule has 0 bridgehead atoms. The number of nitrogens with zero attached hydrogens (tertiary/aromatic N) is 1. The van der Waals surface area contributed by atoms with Crippen LogP contribution < -0.4 is 5.73 Å². The lowest BCUT2D eigenvalue weighted by molar-refractivity contribution is -0.159. The van der Waals surface area contributed by atoms with Crippen LogP contribution in [-0.4, -0.2) is 59.4 Å². The Balaban J connectivity index is 0.000000379. The number of aliphatic carboxylic acids is 2. The van der Waals surface area contributed by atoms with Gasteiger partial charge in [-0.3, -0.25) is 4.90 Å². The Morgan fingerprint density at radius 3 is 2.43 bits per heavy atom. The van der Waals surface area contributed by atoms with Crippen molar-refractivity contribution in [2.24, 2.45) is 5.73 Å². The highest BCUT2D eigenvalue weighted by Gasteiger charge is 2.19. The smallest absolute Gasteiger partial charge is 0.414 e. The maximum absolute atomic E-state index is 9.10. The van der Waals surface area contributed by atoms with Gasteiger partial charge in [0.1, 0.15) is 0 Å². The first kappa shape index (κ1) is 19.7. The number of ether oxygens (including phenoxy) is 1. The summed E-state index contributed by atoms with van der Waals surface area (Å²) in [4.78, 5) is 20.5. The Kier molecular flexibility index (Phi) is 8.29. The second-order valence-corrected chi connectivity index (χ2v) is 5.64. The van der Waals surface area contributed by atoms with E-state index in [0.717, 1.165) is 31.8 Å². The predicted octanol–water partition coefficient (Wildman–Crippen LogP) is 1.31. The van der Waals surface area contributed by atoms with Crippen molar-refractivity contribution in [3.63, 3.8) is 0 Å². The third kappa shape index (κ3) is 7.15. The number of carbonyl (C=O) groups is 2. The van der Waals surface area contributed by atoms with Crippen LogP contribution >= 0.6 is 23.2 Å². The molecule has 9 heteroatoms. The zero-order chi connectivity index (χ0) is 17.4. The summed E-state index contributed by atoms with van der Waals surface area (Å²) in [6.45, 7) is 3.96. The number of hydrogen-bond donors (Lipinski definition) is 3. The Morgan fingerprint density at radius 2 is 1.91 bits per heavy atom. The molecule has 1 atom stereocenters. The molecule has 1 aromatic rings. The lowest BCUT2D eigenvalue weighted by Crippen LogP contribution is -2.45. The first-order chi connectivity index (χ1) is 10.8. The Labute approximate surface area is 143 Å². The average molecular weight is 365 g/mol. The van der Waals surface area contributed by atoms with Crippen LogP contribution in [0.15, 0.2) is 18.2 Å². The minimum atomic E-state index is -1.82. The zero-order valence-corrected chi connectivity index (χ0v) is 13.8. The van der Waals surface area contributed by atoms with E-state index in [1.54, 1.807) is 0 Å². The van der Waals surface area contributed by atoms with Gasteiger partial charge in [0, 0.05) is 26.2 Å². The van der Waals surface area contributed by atoms with Crippen molar-refractivity contribution in [2.75, 3.05) is 26.2 Å². The number of hydrogen-bond acceptors (Lipinski definition) is 5. The summed E-state index contributed by atoms with van der Waals surface area (Å²) in [7, 11) is 0. The van der Waals surface area contributed by atoms with Crippen LogP contribution in [-0.2, 0) is 20.9 Å². The van der Waals surface area contributed by atoms with Crippen molar-refractivity contribution in [1.29, 1.82) is 0 Å². The van der Waals surface area contributed by atoms with Gasteiger partial charge < -0.3 is 20.7 Å². The lowest BCUT2D eigenvalue weighted by atomic mass is 10.2. The van der Waals surface area contributed by atoms with Gasteiger partial charge in [0.25, 0.3) is 0 Å². The Hall–Kier alpha value is -1.38. The van der Waals surface area contributed by atoms with Gasteiger partial charge >= 0.3 is 11.9 Å². The maximum Gasteiger partial charge on any atom is 0.414 e. The van der Waals surface area contributed by atoms with Gasteiger partial charge in [-0.05, 0) is 17.7 Å². The van der Waals surface area contributed by atoms with Crippen molar-refractivity contribution in [3.8, 4) is 0 Å². The normalized spacial score (nSPS) is 18.0. The highest BCUT2D eigenvalue weighted by atomic mass is 35.5. The number of rotatable bonds is 3. The molecule has 0 spiro atoms. The molecular weight excluding hydrogens is 347 g/mol. The zero-order valence-electron chi connectivity index (χ0n) is 12.2. The molecule has 0 aliphatic carbocycles. The number of nitrogens with two attached hydrogens (primary N) is 1. The lowest BCUT2D eigenvalue weighted by Gasteiger charge is -2.32. The van der Waals surface area contributed by atoms with E-state index >= 15 is 0 Å². The predicted molar refractivity (Wildman–Crippen MR) is 85.8 cm³/mol. The van der Waals surface area contributed by atoms with Gasteiger partial charge in [0.15, 0.2) is 0 Å². The fourth-order valence-corrected chi connectivity index (χ4v) is 2.28. The molecule has 0 unspecified atom stereocenters. The molecule has 1 aliphatic rings. The molecule has 1 aliphatic heterocycles. The molecule has 23 heavy (non-hydrogen) atoms. The third-order valence-electron chi connectivity index (χ3n) is 3.06. The summed E-state index contributed by atoms with van der Waals surface area (Å²) in [6, 6.07) is 5.75. The molecule has 1 aromatic carbocycles. The van der Waals surface area contributed by atoms with E-state index in [1.165, 1.54) is 0 Å². The van der Waals surface area contributed by atoms with E-state index in [4.69, 9.17) is 53.5 Å². The second kappa shape index (κ2) is 9.69. The van der Waals surface area contributed by atoms with E-state index in [0.29, 0.717) is 16.6 Å². The molecule has 0 aromatic heterocycles. The topological polar surface area (TPSA) is 113 Å². The van der Waals surface area contributed by atoms with Crippen molar-refractivity contribution in [1.82, 2.24) is 4.90 Å². The molecular formula is C14H18Cl2N2O5. The molecule has 1 saturated heterocycles. The van der Waals surface area contributed by atoms with Crippen LogP contribution in [0.25, 0.3) is 0 Å². The van der Waals surface area contributed by atoms with E-state index in [1.807, 2.05) is 18.2 Å². The SMILES string of the molecule is NC[C@H]1CN(Cc2ccc(Cl)c(Cl)c2)CCO1.O=C(O)C(=O)O. The highest BCUT2D eigenvalue weighted by molar-refractivity contribution is 6.42. The van der Waals surface area contributed by atoms with Crippen LogP contribution in [0, 0.1) is 0 Å². The largest absolute Gasteiger partial charge is 0.473 e. The van der Waals surface area contributed by atoms with Crippen molar-refractivity contribution < 1.29 is 24.5 Å². The molecule has 7 nitrogen and oxygen atoms in total.